The van der Waals surface area contributed by atoms with Gasteiger partial charge < -0.3 is 0 Å². The molecule has 0 aliphatic heterocycles. The Morgan fingerprint density at radius 2 is 1.74 bits per heavy atom. The highest BCUT2D eigenvalue weighted by atomic mass is 35.5. The van der Waals surface area contributed by atoms with Gasteiger partial charge in [0.2, 0.25) is 0 Å². The quantitative estimate of drug-likeness (QED) is 0.169. The number of halogens is 3. The first-order valence-electron chi connectivity index (χ1n) is 10.1. The van der Waals surface area contributed by atoms with Crippen LogP contribution < -0.4 is 5.43 Å². The summed E-state index contributed by atoms with van der Waals surface area (Å²) in [5.74, 6) is 0.477. The molecule has 0 saturated carbocycles. The van der Waals surface area contributed by atoms with Crippen molar-refractivity contribution in [3.63, 3.8) is 0 Å². The van der Waals surface area contributed by atoms with E-state index in [-0.39, 0.29) is 11.7 Å². The molecule has 0 unspecified atom stereocenters. The third-order valence-electron chi connectivity index (χ3n) is 4.71. The molecule has 0 atom stereocenters. The SMILES string of the molecule is Cc1ccc(-c2nnc(SCC(=O)NN=Cc3ccc(Cl)c(Cl)c3)n2-c2ccc(Cl)cc2)cc1. The van der Waals surface area contributed by atoms with Gasteiger partial charge in [-0.1, -0.05) is 82.5 Å². The van der Waals surface area contributed by atoms with Gasteiger partial charge in [0, 0.05) is 16.3 Å². The molecule has 0 bridgehead atoms. The van der Waals surface area contributed by atoms with Crippen LogP contribution in [0.1, 0.15) is 11.1 Å². The predicted octanol–water partition coefficient (Wildman–Crippen LogP) is 6.45. The Hall–Kier alpha value is -2.84. The van der Waals surface area contributed by atoms with Gasteiger partial charge in [0.25, 0.3) is 5.91 Å². The summed E-state index contributed by atoms with van der Waals surface area (Å²) >= 11 is 19.2. The third-order valence-corrected chi connectivity index (χ3v) is 6.63. The number of aromatic nitrogens is 3. The summed E-state index contributed by atoms with van der Waals surface area (Å²) in [6.07, 6.45) is 1.50. The number of thioether (sulfide) groups is 1. The van der Waals surface area contributed by atoms with Gasteiger partial charge in [-0.15, -0.1) is 10.2 Å². The molecular weight excluding hydrogens is 513 g/mol. The van der Waals surface area contributed by atoms with Gasteiger partial charge in [-0.3, -0.25) is 9.36 Å². The van der Waals surface area contributed by atoms with Crippen molar-refractivity contribution in [3.05, 3.63) is 92.9 Å². The van der Waals surface area contributed by atoms with E-state index in [1.54, 1.807) is 30.3 Å². The van der Waals surface area contributed by atoms with Crippen molar-refractivity contribution in [3.8, 4) is 17.1 Å². The molecule has 10 heteroatoms. The maximum atomic E-state index is 12.4. The Morgan fingerprint density at radius 1 is 1.00 bits per heavy atom. The molecule has 0 radical (unpaired) electrons. The van der Waals surface area contributed by atoms with Crippen LogP contribution in [-0.2, 0) is 4.79 Å². The van der Waals surface area contributed by atoms with Gasteiger partial charge in [0.15, 0.2) is 11.0 Å². The first-order valence-corrected chi connectivity index (χ1v) is 12.2. The van der Waals surface area contributed by atoms with E-state index in [4.69, 9.17) is 34.8 Å². The molecule has 3 aromatic carbocycles. The molecular formula is C24H18Cl3N5OS. The minimum atomic E-state index is -0.288. The molecule has 1 aromatic heterocycles. The Kier molecular flexibility index (Phi) is 7.90. The summed E-state index contributed by atoms with van der Waals surface area (Å²) in [5, 5.41) is 14.8. The second-order valence-electron chi connectivity index (χ2n) is 7.24. The number of hydrogen-bond acceptors (Lipinski definition) is 5. The lowest BCUT2D eigenvalue weighted by Gasteiger charge is -2.10. The minimum Gasteiger partial charge on any atom is -0.272 e. The van der Waals surface area contributed by atoms with E-state index in [2.05, 4.69) is 20.7 Å². The molecule has 172 valence electrons. The smallest absolute Gasteiger partial charge is 0.250 e. The lowest BCUT2D eigenvalue weighted by molar-refractivity contribution is -0.118. The average Bonchev–Trinajstić information content (AvgIpc) is 3.25. The number of rotatable bonds is 7. The summed E-state index contributed by atoms with van der Waals surface area (Å²) in [5.41, 5.74) is 6.12. The normalized spacial score (nSPS) is 11.2. The number of nitrogens with zero attached hydrogens (tertiary/aromatic N) is 4. The molecule has 1 N–H and O–H groups in total. The van der Waals surface area contributed by atoms with E-state index < -0.39 is 0 Å². The molecule has 0 saturated heterocycles. The van der Waals surface area contributed by atoms with Gasteiger partial charge >= 0.3 is 0 Å². The Bertz CT molecular complexity index is 1340. The predicted molar refractivity (Wildman–Crippen MR) is 139 cm³/mol. The van der Waals surface area contributed by atoms with Crippen molar-refractivity contribution in [2.75, 3.05) is 5.75 Å². The maximum Gasteiger partial charge on any atom is 0.250 e. The molecule has 4 rings (SSSR count). The van der Waals surface area contributed by atoms with Crippen molar-refractivity contribution in [2.24, 2.45) is 5.10 Å². The number of carbonyl (C=O) groups excluding carboxylic acids is 1. The van der Waals surface area contributed by atoms with Crippen LogP contribution in [-0.4, -0.2) is 32.6 Å². The highest BCUT2D eigenvalue weighted by Gasteiger charge is 2.17. The Labute approximate surface area is 215 Å². The lowest BCUT2D eigenvalue weighted by Crippen LogP contribution is -2.20. The van der Waals surface area contributed by atoms with Crippen molar-refractivity contribution < 1.29 is 4.79 Å². The van der Waals surface area contributed by atoms with Gasteiger partial charge in [0.05, 0.1) is 22.0 Å². The third kappa shape index (κ3) is 5.98. The van der Waals surface area contributed by atoms with E-state index in [1.807, 2.05) is 47.9 Å². The van der Waals surface area contributed by atoms with Gasteiger partial charge in [-0.05, 0) is 48.9 Å². The second kappa shape index (κ2) is 11.1. The van der Waals surface area contributed by atoms with Crippen LogP contribution in [0.3, 0.4) is 0 Å². The number of nitrogens with one attached hydrogen (secondary N) is 1. The number of amides is 1. The molecule has 0 fully saturated rings. The second-order valence-corrected chi connectivity index (χ2v) is 9.43. The van der Waals surface area contributed by atoms with E-state index in [0.29, 0.717) is 31.6 Å². The fourth-order valence-corrected chi connectivity index (χ4v) is 4.19. The monoisotopic (exact) mass is 529 g/mol. The van der Waals surface area contributed by atoms with E-state index in [9.17, 15) is 4.79 Å². The van der Waals surface area contributed by atoms with E-state index in [0.717, 1.165) is 16.8 Å². The van der Waals surface area contributed by atoms with Crippen molar-refractivity contribution in [1.82, 2.24) is 20.2 Å². The molecule has 0 aliphatic carbocycles. The highest BCUT2D eigenvalue weighted by molar-refractivity contribution is 7.99. The number of benzene rings is 3. The number of aryl methyl sites for hydroxylation is 1. The van der Waals surface area contributed by atoms with Crippen LogP contribution in [0.15, 0.2) is 77.0 Å². The Morgan fingerprint density at radius 3 is 2.44 bits per heavy atom. The Balaban J connectivity index is 1.50. The molecule has 4 aromatic rings. The number of hydrogen-bond donors (Lipinski definition) is 1. The van der Waals surface area contributed by atoms with Crippen LogP contribution in [0.5, 0.6) is 0 Å². The van der Waals surface area contributed by atoms with Crippen LogP contribution in [0.4, 0.5) is 0 Å². The fraction of sp³-hybridized carbons (Fsp3) is 0.0833. The first kappa shape index (κ1) is 24.3. The zero-order valence-electron chi connectivity index (χ0n) is 17.9. The summed E-state index contributed by atoms with van der Waals surface area (Å²) < 4.78 is 1.90. The van der Waals surface area contributed by atoms with E-state index in [1.165, 1.54) is 18.0 Å². The minimum absolute atomic E-state index is 0.0956. The zero-order chi connectivity index (χ0) is 24.1. The largest absolute Gasteiger partial charge is 0.272 e. The van der Waals surface area contributed by atoms with Crippen LogP contribution in [0.2, 0.25) is 15.1 Å². The van der Waals surface area contributed by atoms with Gasteiger partial charge in [0.1, 0.15) is 0 Å². The van der Waals surface area contributed by atoms with Crippen LogP contribution in [0, 0.1) is 6.92 Å². The number of hydrazone groups is 1. The maximum absolute atomic E-state index is 12.4. The van der Waals surface area contributed by atoms with Gasteiger partial charge in [-0.2, -0.15) is 5.10 Å². The van der Waals surface area contributed by atoms with Crippen molar-refractivity contribution in [1.29, 1.82) is 0 Å². The lowest BCUT2D eigenvalue weighted by atomic mass is 10.1. The van der Waals surface area contributed by atoms with E-state index >= 15 is 0 Å². The summed E-state index contributed by atoms with van der Waals surface area (Å²) in [6.45, 7) is 2.03. The summed E-state index contributed by atoms with van der Waals surface area (Å²) in [7, 11) is 0. The first-order chi connectivity index (χ1) is 16.4. The average molecular weight is 531 g/mol. The zero-order valence-corrected chi connectivity index (χ0v) is 21.0. The molecule has 1 heterocycles. The molecule has 0 aliphatic rings. The molecule has 1 amide bonds. The standard InChI is InChI=1S/C24H18Cl3N5OS/c1-15-2-5-17(6-3-15)23-30-31-24(32(23)19-9-7-18(25)8-10-19)34-14-22(33)29-28-13-16-4-11-20(26)21(27)12-16/h2-13H,14H2,1H3,(H,29,33). The molecule has 0 spiro atoms. The fourth-order valence-electron chi connectivity index (χ4n) is 3.01. The van der Waals surface area contributed by atoms with Crippen molar-refractivity contribution >= 4 is 58.7 Å². The number of carbonyl (C=O) groups is 1. The highest BCUT2D eigenvalue weighted by Crippen LogP contribution is 2.29. The van der Waals surface area contributed by atoms with Crippen molar-refractivity contribution in [2.45, 2.75) is 12.1 Å². The topological polar surface area (TPSA) is 72.2 Å². The summed E-state index contributed by atoms with van der Waals surface area (Å²) in [6, 6.07) is 20.5. The molecule has 6 nitrogen and oxygen atoms in total. The molecule has 34 heavy (non-hydrogen) atoms. The van der Waals surface area contributed by atoms with Gasteiger partial charge in [-0.25, -0.2) is 5.43 Å². The van der Waals surface area contributed by atoms with Crippen LogP contribution >= 0.6 is 46.6 Å². The summed E-state index contributed by atoms with van der Waals surface area (Å²) in [4.78, 5) is 12.4. The van der Waals surface area contributed by atoms with Crippen LogP contribution in [0.25, 0.3) is 17.1 Å².